The topological polar surface area (TPSA) is 98.4 Å². The molecule has 1 aliphatic rings. The normalized spacial score (nSPS) is 24.9. The Balaban J connectivity index is 2.14. The van der Waals surface area contributed by atoms with Gasteiger partial charge in [-0.1, -0.05) is 0 Å². The number of nitrogens with zero attached hydrogens (tertiary/aromatic N) is 1. The van der Waals surface area contributed by atoms with Gasteiger partial charge in [0.2, 0.25) is 0 Å². The number of rotatable bonds is 2. The Kier molecular flexibility index (Phi) is 3.30. The van der Waals surface area contributed by atoms with Crippen molar-refractivity contribution in [1.82, 2.24) is 14.9 Å². The summed E-state index contributed by atoms with van der Waals surface area (Å²) < 4.78 is 5.34. The number of H-pyrrole nitrogens is 2. The van der Waals surface area contributed by atoms with Gasteiger partial charge in [0.15, 0.2) is 0 Å². The zero-order chi connectivity index (χ0) is 12.4. The smallest absolute Gasteiger partial charge is 0.323 e. The summed E-state index contributed by atoms with van der Waals surface area (Å²) in [6.45, 7) is 2.44. The first-order valence-corrected chi connectivity index (χ1v) is 5.43. The molecule has 0 bridgehead atoms. The van der Waals surface area contributed by atoms with E-state index < -0.39 is 5.69 Å². The highest BCUT2D eigenvalue weighted by molar-refractivity contribution is 5.92. The first-order valence-electron chi connectivity index (χ1n) is 5.43. The van der Waals surface area contributed by atoms with Crippen LogP contribution in [0.2, 0.25) is 0 Å². The highest BCUT2D eigenvalue weighted by Gasteiger charge is 2.30. The van der Waals surface area contributed by atoms with Crippen LogP contribution in [0.4, 0.5) is 0 Å². The van der Waals surface area contributed by atoms with Crippen LogP contribution in [-0.4, -0.2) is 57.8 Å². The molecular weight excluding hydrogens is 226 g/mol. The summed E-state index contributed by atoms with van der Waals surface area (Å²) in [6, 6.07) is -0.0799. The van der Waals surface area contributed by atoms with Crippen molar-refractivity contribution in [2.75, 3.05) is 19.8 Å². The lowest BCUT2D eigenvalue weighted by molar-refractivity contribution is -0.0668. The third-order valence-electron chi connectivity index (χ3n) is 2.80. The molecule has 3 N–H and O–H groups in total. The van der Waals surface area contributed by atoms with Crippen LogP contribution in [0.15, 0.2) is 11.0 Å². The van der Waals surface area contributed by atoms with Gasteiger partial charge >= 0.3 is 5.69 Å². The molecule has 0 spiro atoms. The van der Waals surface area contributed by atoms with E-state index in [1.807, 2.05) is 6.92 Å². The number of aliphatic hydroxyl groups excluding tert-OH is 1. The summed E-state index contributed by atoms with van der Waals surface area (Å²) in [4.78, 5) is 29.4. The molecule has 1 fully saturated rings. The number of hydrogen-bond acceptors (Lipinski definition) is 4. The van der Waals surface area contributed by atoms with Crippen molar-refractivity contribution in [1.29, 1.82) is 0 Å². The lowest BCUT2D eigenvalue weighted by Gasteiger charge is -2.37. The molecule has 7 heteroatoms. The summed E-state index contributed by atoms with van der Waals surface area (Å²) in [5.74, 6) is -0.266. The zero-order valence-corrected chi connectivity index (χ0v) is 9.47. The van der Waals surface area contributed by atoms with Crippen molar-refractivity contribution in [3.05, 3.63) is 22.4 Å². The molecule has 17 heavy (non-hydrogen) atoms. The van der Waals surface area contributed by atoms with Crippen LogP contribution in [-0.2, 0) is 4.74 Å². The number of carbonyl (C=O) groups is 1. The highest BCUT2D eigenvalue weighted by Crippen LogP contribution is 2.13. The number of imidazole rings is 1. The Hall–Kier alpha value is -1.60. The van der Waals surface area contributed by atoms with Gasteiger partial charge in [-0.15, -0.1) is 0 Å². The number of carbonyl (C=O) groups excluding carboxylic acids is 1. The Morgan fingerprint density at radius 1 is 1.71 bits per heavy atom. The number of ether oxygens (including phenoxy) is 1. The van der Waals surface area contributed by atoms with E-state index in [2.05, 4.69) is 9.97 Å². The van der Waals surface area contributed by atoms with E-state index >= 15 is 0 Å². The molecule has 1 aromatic heterocycles. The minimum atomic E-state index is -0.409. The molecule has 94 valence electrons. The molecule has 0 radical (unpaired) electrons. The number of aromatic nitrogens is 2. The Labute approximate surface area is 97.4 Å². The van der Waals surface area contributed by atoms with Gasteiger partial charge in [-0.25, -0.2) is 4.79 Å². The number of hydrogen-bond donors (Lipinski definition) is 3. The van der Waals surface area contributed by atoms with E-state index in [-0.39, 0.29) is 30.4 Å². The first-order chi connectivity index (χ1) is 8.11. The van der Waals surface area contributed by atoms with Crippen LogP contribution in [0, 0.1) is 0 Å². The average Bonchev–Trinajstić information content (AvgIpc) is 2.76. The van der Waals surface area contributed by atoms with Gasteiger partial charge in [0, 0.05) is 12.7 Å². The van der Waals surface area contributed by atoms with E-state index in [0.29, 0.717) is 13.2 Å². The number of aromatic amines is 2. The Bertz CT molecular complexity index is 452. The van der Waals surface area contributed by atoms with Crippen LogP contribution in [0.1, 0.15) is 17.4 Å². The molecule has 1 aliphatic heterocycles. The van der Waals surface area contributed by atoms with Gasteiger partial charge in [-0.05, 0) is 6.92 Å². The van der Waals surface area contributed by atoms with Crippen LogP contribution >= 0.6 is 0 Å². The van der Waals surface area contributed by atoms with Gasteiger partial charge in [-0.3, -0.25) is 4.79 Å². The van der Waals surface area contributed by atoms with Gasteiger partial charge in [0.25, 0.3) is 5.91 Å². The van der Waals surface area contributed by atoms with Crippen molar-refractivity contribution in [3.63, 3.8) is 0 Å². The van der Waals surface area contributed by atoms with Crippen molar-refractivity contribution in [2.45, 2.75) is 19.1 Å². The minimum absolute atomic E-state index is 0.0799. The zero-order valence-electron chi connectivity index (χ0n) is 9.47. The van der Waals surface area contributed by atoms with Crippen LogP contribution in [0.3, 0.4) is 0 Å². The quantitative estimate of drug-likeness (QED) is 0.613. The fourth-order valence-corrected chi connectivity index (χ4v) is 1.81. The molecule has 1 saturated heterocycles. The van der Waals surface area contributed by atoms with E-state index in [1.165, 1.54) is 6.20 Å². The molecule has 1 amide bonds. The maximum Gasteiger partial charge on any atom is 0.323 e. The molecule has 2 atom stereocenters. The second-order valence-corrected chi connectivity index (χ2v) is 4.10. The summed E-state index contributed by atoms with van der Waals surface area (Å²) >= 11 is 0. The van der Waals surface area contributed by atoms with E-state index in [1.54, 1.807) is 4.90 Å². The van der Waals surface area contributed by atoms with Gasteiger partial charge in [0.05, 0.1) is 25.4 Å². The standard InChI is InChI=1S/C10H15N3O4/c1-6-5-17-7(4-14)3-13(6)9(15)8-2-11-10(16)12-8/h2,6-7,14H,3-5H2,1H3,(H2,11,12,16). The molecule has 7 nitrogen and oxygen atoms in total. The summed E-state index contributed by atoms with van der Waals surface area (Å²) in [5, 5.41) is 9.02. The van der Waals surface area contributed by atoms with Crippen LogP contribution in [0.25, 0.3) is 0 Å². The molecule has 1 aromatic rings. The average molecular weight is 241 g/mol. The first kappa shape index (κ1) is 11.9. The van der Waals surface area contributed by atoms with Crippen molar-refractivity contribution in [2.24, 2.45) is 0 Å². The second-order valence-electron chi connectivity index (χ2n) is 4.10. The number of nitrogens with one attached hydrogen (secondary N) is 2. The maximum atomic E-state index is 12.1. The molecule has 0 saturated carbocycles. The van der Waals surface area contributed by atoms with Crippen LogP contribution in [0.5, 0.6) is 0 Å². The van der Waals surface area contributed by atoms with Gasteiger partial charge < -0.3 is 24.7 Å². The second kappa shape index (κ2) is 4.72. The van der Waals surface area contributed by atoms with Crippen molar-refractivity contribution >= 4 is 5.91 Å². The van der Waals surface area contributed by atoms with E-state index in [0.717, 1.165) is 0 Å². The SMILES string of the molecule is CC1COC(CO)CN1C(=O)c1c[nH]c(=O)[nH]1. The number of aliphatic hydroxyl groups is 1. The lowest BCUT2D eigenvalue weighted by Crippen LogP contribution is -2.52. The van der Waals surface area contributed by atoms with Crippen molar-refractivity contribution in [3.8, 4) is 0 Å². The number of amides is 1. The molecule has 0 aromatic carbocycles. The number of morpholine rings is 1. The Morgan fingerprint density at radius 2 is 2.47 bits per heavy atom. The molecule has 2 unspecified atom stereocenters. The fourth-order valence-electron chi connectivity index (χ4n) is 1.81. The highest BCUT2D eigenvalue weighted by atomic mass is 16.5. The summed E-state index contributed by atoms with van der Waals surface area (Å²) in [6.07, 6.45) is 0.988. The third kappa shape index (κ3) is 2.40. The maximum absolute atomic E-state index is 12.1. The summed E-state index contributed by atoms with van der Waals surface area (Å²) in [5.41, 5.74) is -0.187. The molecule has 2 rings (SSSR count). The summed E-state index contributed by atoms with van der Waals surface area (Å²) in [7, 11) is 0. The van der Waals surface area contributed by atoms with Crippen molar-refractivity contribution < 1.29 is 14.6 Å². The third-order valence-corrected chi connectivity index (χ3v) is 2.80. The van der Waals surface area contributed by atoms with E-state index in [9.17, 15) is 9.59 Å². The predicted octanol–water partition coefficient (Wildman–Crippen LogP) is -1.08. The molecular formula is C10H15N3O4. The molecule has 2 heterocycles. The minimum Gasteiger partial charge on any atom is -0.394 e. The Morgan fingerprint density at radius 3 is 3.06 bits per heavy atom. The van der Waals surface area contributed by atoms with E-state index in [4.69, 9.17) is 9.84 Å². The van der Waals surface area contributed by atoms with Gasteiger partial charge in [0.1, 0.15) is 5.69 Å². The largest absolute Gasteiger partial charge is 0.394 e. The molecule has 0 aliphatic carbocycles. The predicted molar refractivity (Wildman–Crippen MR) is 58.7 cm³/mol. The fraction of sp³-hybridized carbons (Fsp3) is 0.600. The monoisotopic (exact) mass is 241 g/mol. The van der Waals surface area contributed by atoms with Gasteiger partial charge in [-0.2, -0.15) is 0 Å². The van der Waals surface area contributed by atoms with Crippen LogP contribution < -0.4 is 5.69 Å². The lowest BCUT2D eigenvalue weighted by atomic mass is 10.2.